The van der Waals surface area contributed by atoms with Gasteiger partial charge in [0.15, 0.2) is 5.82 Å². The number of nitrogens with one attached hydrogen (secondary N) is 1. The molecule has 0 aliphatic carbocycles. The van der Waals surface area contributed by atoms with Gasteiger partial charge in [-0.25, -0.2) is 8.42 Å². The zero-order valence-electron chi connectivity index (χ0n) is 6.11. The highest BCUT2D eigenvalue weighted by Gasteiger charge is 2.16. The van der Waals surface area contributed by atoms with Crippen molar-refractivity contribution >= 4 is 19.7 Å². The number of rotatable bonds is 3. The summed E-state index contributed by atoms with van der Waals surface area (Å²) in [7, 11) is 2.58. The van der Waals surface area contributed by atoms with E-state index in [1.54, 1.807) is 0 Å². The van der Waals surface area contributed by atoms with Crippen molar-refractivity contribution in [2.75, 3.05) is 7.11 Å². The average Bonchev–Trinajstić information content (AvgIpc) is 2.35. The number of H-pyrrole nitrogens is 1. The highest BCUT2D eigenvalue weighted by atomic mass is 35.7. The first-order valence-corrected chi connectivity index (χ1v) is 5.20. The van der Waals surface area contributed by atoms with E-state index in [9.17, 15) is 8.42 Å². The van der Waals surface area contributed by atoms with Crippen molar-refractivity contribution < 1.29 is 13.2 Å². The fraction of sp³-hybridized carbons (Fsp3) is 0.500. The summed E-state index contributed by atoms with van der Waals surface area (Å²) in [6.07, 6.45) is 0. The Morgan fingerprint density at radius 3 is 2.75 bits per heavy atom. The van der Waals surface area contributed by atoms with Gasteiger partial charge in [0.25, 0.3) is 14.2 Å². The van der Waals surface area contributed by atoms with Crippen LogP contribution >= 0.6 is 10.7 Å². The van der Waals surface area contributed by atoms with Crippen molar-refractivity contribution in [1.29, 1.82) is 0 Å². The third-order valence-corrected chi connectivity index (χ3v) is 2.04. The predicted molar refractivity (Wildman–Crippen MR) is 40.1 cm³/mol. The lowest BCUT2D eigenvalue weighted by Gasteiger charge is -1.88. The summed E-state index contributed by atoms with van der Waals surface area (Å²) in [4.78, 5) is 3.56. The van der Waals surface area contributed by atoms with Gasteiger partial charge in [0.05, 0.1) is 0 Å². The second-order valence-electron chi connectivity index (χ2n) is 1.94. The lowest BCUT2D eigenvalue weighted by molar-refractivity contribution is 0.178. The third-order valence-electron chi connectivity index (χ3n) is 1.01. The molecule has 0 amide bonds. The zero-order valence-corrected chi connectivity index (χ0v) is 7.68. The molecule has 68 valence electrons. The van der Waals surface area contributed by atoms with Gasteiger partial charge in [-0.3, -0.25) is 5.10 Å². The maximum Gasteiger partial charge on any atom is 0.298 e. The number of methoxy groups -OCH3 is 1. The number of halogens is 1. The Hall–Kier alpha value is -0.660. The minimum absolute atomic E-state index is 0.166. The molecule has 1 aromatic heterocycles. The van der Waals surface area contributed by atoms with Crippen LogP contribution in [0, 0.1) is 0 Å². The summed E-state index contributed by atoms with van der Waals surface area (Å²) < 4.78 is 25.9. The molecule has 0 bridgehead atoms. The molecule has 1 rings (SSSR count). The van der Waals surface area contributed by atoms with E-state index in [-0.39, 0.29) is 6.61 Å². The lowest BCUT2D eigenvalue weighted by atomic mass is 10.7. The Balaban J connectivity index is 2.92. The number of hydrogen-bond donors (Lipinski definition) is 1. The Labute approximate surface area is 73.3 Å². The predicted octanol–water partition coefficient (Wildman–Crippen LogP) is -0.121. The van der Waals surface area contributed by atoms with Crippen LogP contribution in [-0.2, 0) is 20.4 Å². The summed E-state index contributed by atoms with van der Waals surface area (Å²) in [6, 6.07) is 0. The molecule has 0 aliphatic rings. The molecule has 0 fully saturated rings. The topological polar surface area (TPSA) is 84.9 Å². The van der Waals surface area contributed by atoms with E-state index in [2.05, 4.69) is 19.9 Å². The minimum atomic E-state index is -3.84. The normalized spacial score (nSPS) is 11.8. The Morgan fingerprint density at radius 2 is 2.33 bits per heavy atom. The molecule has 0 aliphatic heterocycles. The van der Waals surface area contributed by atoms with E-state index in [1.807, 2.05) is 0 Å². The van der Waals surface area contributed by atoms with E-state index >= 15 is 0 Å². The van der Waals surface area contributed by atoms with Crippen molar-refractivity contribution in [2.45, 2.75) is 11.8 Å². The van der Waals surface area contributed by atoms with Gasteiger partial charge in [0.1, 0.15) is 6.61 Å². The van der Waals surface area contributed by atoms with Crippen LogP contribution in [0.3, 0.4) is 0 Å². The molecule has 1 aromatic rings. The van der Waals surface area contributed by atoms with Gasteiger partial charge in [0.2, 0.25) is 0 Å². The van der Waals surface area contributed by atoms with Crippen molar-refractivity contribution in [3.63, 3.8) is 0 Å². The smallest absolute Gasteiger partial charge is 0.298 e. The van der Waals surface area contributed by atoms with E-state index in [0.717, 1.165) is 0 Å². The molecule has 0 saturated heterocycles. The monoisotopic (exact) mass is 211 g/mol. The largest absolute Gasteiger partial charge is 0.377 e. The lowest BCUT2D eigenvalue weighted by Crippen LogP contribution is -1.94. The summed E-state index contributed by atoms with van der Waals surface area (Å²) in [5.41, 5.74) is 0. The van der Waals surface area contributed by atoms with Crippen molar-refractivity contribution in [3.05, 3.63) is 5.82 Å². The fourth-order valence-electron chi connectivity index (χ4n) is 0.588. The second-order valence-corrected chi connectivity index (χ2v) is 4.40. The molecule has 0 unspecified atom stereocenters. The van der Waals surface area contributed by atoms with Crippen LogP contribution in [0.5, 0.6) is 0 Å². The number of nitrogens with zero attached hydrogens (tertiary/aromatic N) is 2. The van der Waals surface area contributed by atoms with E-state index in [4.69, 9.17) is 10.7 Å². The first-order chi connectivity index (χ1) is 5.54. The van der Waals surface area contributed by atoms with Crippen LogP contribution in [0.2, 0.25) is 0 Å². The standard InChI is InChI=1S/C4H6ClN3O3S/c1-11-2-3-6-4(8-7-3)12(5,9)10/h2H2,1H3,(H,6,7,8). The summed E-state index contributed by atoms with van der Waals surface area (Å²) in [5, 5.41) is 5.30. The summed E-state index contributed by atoms with van der Waals surface area (Å²) in [6.45, 7) is 0.166. The first-order valence-electron chi connectivity index (χ1n) is 2.89. The van der Waals surface area contributed by atoms with E-state index in [0.29, 0.717) is 5.82 Å². The Bertz CT molecular complexity index is 359. The molecular formula is C4H6ClN3O3S. The van der Waals surface area contributed by atoms with Crippen LogP contribution in [0.1, 0.15) is 5.82 Å². The Kier molecular flexibility index (Phi) is 2.65. The van der Waals surface area contributed by atoms with Crippen LogP contribution < -0.4 is 0 Å². The zero-order chi connectivity index (χ0) is 9.19. The van der Waals surface area contributed by atoms with Crippen LogP contribution in [0.25, 0.3) is 0 Å². The minimum Gasteiger partial charge on any atom is -0.377 e. The first kappa shape index (κ1) is 9.43. The van der Waals surface area contributed by atoms with Crippen LogP contribution in [-0.4, -0.2) is 30.7 Å². The van der Waals surface area contributed by atoms with Crippen molar-refractivity contribution in [2.24, 2.45) is 0 Å². The quantitative estimate of drug-likeness (QED) is 0.705. The number of hydrogen-bond acceptors (Lipinski definition) is 5. The molecule has 1 heterocycles. The van der Waals surface area contributed by atoms with E-state index in [1.165, 1.54) is 7.11 Å². The van der Waals surface area contributed by atoms with Gasteiger partial charge < -0.3 is 4.74 Å². The molecule has 0 radical (unpaired) electrons. The molecule has 0 aromatic carbocycles. The highest BCUT2D eigenvalue weighted by molar-refractivity contribution is 8.13. The molecule has 0 saturated carbocycles. The molecule has 6 nitrogen and oxygen atoms in total. The van der Waals surface area contributed by atoms with E-state index < -0.39 is 14.2 Å². The maximum atomic E-state index is 10.6. The van der Waals surface area contributed by atoms with Crippen LogP contribution in [0.15, 0.2) is 5.16 Å². The molecule has 0 atom stereocenters. The van der Waals surface area contributed by atoms with Gasteiger partial charge in [-0.1, -0.05) is 0 Å². The molecule has 8 heteroatoms. The summed E-state index contributed by atoms with van der Waals surface area (Å²) >= 11 is 0. The van der Waals surface area contributed by atoms with Gasteiger partial charge in [-0.2, -0.15) is 4.98 Å². The molecule has 12 heavy (non-hydrogen) atoms. The van der Waals surface area contributed by atoms with Crippen LogP contribution in [0.4, 0.5) is 0 Å². The van der Waals surface area contributed by atoms with Crippen molar-refractivity contribution in [1.82, 2.24) is 15.2 Å². The molecular weight excluding hydrogens is 206 g/mol. The third kappa shape index (κ3) is 2.16. The maximum absolute atomic E-state index is 10.6. The number of aromatic amines is 1. The fourth-order valence-corrected chi connectivity index (χ4v) is 1.17. The number of aromatic nitrogens is 3. The Morgan fingerprint density at radius 1 is 1.67 bits per heavy atom. The van der Waals surface area contributed by atoms with Gasteiger partial charge in [-0.15, -0.1) is 5.10 Å². The van der Waals surface area contributed by atoms with Crippen molar-refractivity contribution in [3.8, 4) is 0 Å². The second kappa shape index (κ2) is 3.38. The summed E-state index contributed by atoms with van der Waals surface area (Å²) in [5.74, 6) is 0.316. The van der Waals surface area contributed by atoms with Gasteiger partial charge >= 0.3 is 0 Å². The molecule has 0 spiro atoms. The molecule has 1 N–H and O–H groups in total. The van der Waals surface area contributed by atoms with Gasteiger partial charge in [0, 0.05) is 17.8 Å². The SMILES string of the molecule is COCc1nc(S(=O)(=O)Cl)n[nH]1. The average molecular weight is 212 g/mol. The van der Waals surface area contributed by atoms with Gasteiger partial charge in [-0.05, 0) is 0 Å². The number of ether oxygens (including phenoxy) is 1. The highest BCUT2D eigenvalue weighted by Crippen LogP contribution is 2.08.